The lowest BCUT2D eigenvalue weighted by atomic mass is 10.0. The lowest BCUT2D eigenvalue weighted by Crippen LogP contribution is -2.18. The fourth-order valence-electron chi connectivity index (χ4n) is 2.82. The molecule has 0 saturated carbocycles. The molecule has 9 heteroatoms. The summed E-state index contributed by atoms with van der Waals surface area (Å²) in [5.74, 6) is 1.00. The summed E-state index contributed by atoms with van der Waals surface area (Å²) < 4.78 is 8.06. The Labute approximate surface area is 177 Å². The molecule has 0 radical (unpaired) electrons. The number of hydrogen-bond donors (Lipinski definition) is 2. The summed E-state index contributed by atoms with van der Waals surface area (Å²) in [5, 5.41) is 9.99. The third-order valence-electron chi connectivity index (χ3n) is 4.43. The molecule has 0 atom stereocenters. The Bertz CT molecular complexity index is 987. The van der Waals surface area contributed by atoms with Gasteiger partial charge < -0.3 is 15.4 Å². The van der Waals surface area contributed by atoms with Gasteiger partial charge in [0.25, 0.3) is 5.91 Å². The summed E-state index contributed by atoms with van der Waals surface area (Å²) in [4.78, 5) is 20.8. The molecule has 2 aromatic heterocycles. The van der Waals surface area contributed by atoms with Gasteiger partial charge in [-0.3, -0.25) is 9.48 Å². The SMILES string of the molecule is CCn1cc(Nc2ncc(CCc3cc(C(=O)NC)cc(OC)c3Br)cn2)cn1. The molecule has 0 fully saturated rings. The van der Waals surface area contributed by atoms with E-state index in [9.17, 15) is 4.79 Å². The molecule has 152 valence electrons. The van der Waals surface area contributed by atoms with Gasteiger partial charge in [0.05, 0.1) is 23.5 Å². The molecule has 2 heterocycles. The Balaban J connectivity index is 1.68. The van der Waals surface area contributed by atoms with Crippen molar-refractivity contribution in [3.05, 3.63) is 58.1 Å². The fraction of sp³-hybridized carbons (Fsp3) is 0.300. The Kier molecular flexibility index (Phi) is 6.82. The van der Waals surface area contributed by atoms with Crippen molar-refractivity contribution in [2.45, 2.75) is 26.3 Å². The van der Waals surface area contributed by atoms with Gasteiger partial charge in [-0.15, -0.1) is 0 Å². The van der Waals surface area contributed by atoms with Crippen LogP contribution in [-0.4, -0.2) is 39.8 Å². The highest BCUT2D eigenvalue weighted by atomic mass is 79.9. The second-order valence-corrected chi connectivity index (χ2v) is 7.15. The smallest absolute Gasteiger partial charge is 0.251 e. The maximum atomic E-state index is 12.0. The quantitative estimate of drug-likeness (QED) is 0.537. The van der Waals surface area contributed by atoms with Crippen LogP contribution in [0.1, 0.15) is 28.4 Å². The summed E-state index contributed by atoms with van der Waals surface area (Å²) in [6.07, 6.45) is 8.68. The highest BCUT2D eigenvalue weighted by Crippen LogP contribution is 2.31. The minimum Gasteiger partial charge on any atom is -0.496 e. The number of aryl methyl sites for hydroxylation is 3. The molecular formula is C20H23BrN6O2. The summed E-state index contributed by atoms with van der Waals surface area (Å²) in [7, 11) is 3.19. The average molecular weight is 459 g/mol. The number of aromatic nitrogens is 4. The zero-order chi connectivity index (χ0) is 20.8. The van der Waals surface area contributed by atoms with E-state index in [1.165, 1.54) is 0 Å². The van der Waals surface area contributed by atoms with Crippen LogP contribution in [0.2, 0.25) is 0 Å². The maximum absolute atomic E-state index is 12.0. The van der Waals surface area contributed by atoms with E-state index in [2.05, 4.69) is 41.6 Å². The number of rotatable bonds is 8. The Hall–Kier alpha value is -2.94. The number of benzene rings is 1. The summed E-state index contributed by atoms with van der Waals surface area (Å²) in [6.45, 7) is 2.84. The molecule has 29 heavy (non-hydrogen) atoms. The number of nitrogens with one attached hydrogen (secondary N) is 2. The molecule has 0 aliphatic heterocycles. The van der Waals surface area contributed by atoms with Crippen LogP contribution >= 0.6 is 15.9 Å². The first-order valence-corrected chi connectivity index (χ1v) is 10.0. The van der Waals surface area contributed by atoms with Crippen LogP contribution in [0.25, 0.3) is 0 Å². The first kappa shape index (κ1) is 20.8. The van der Waals surface area contributed by atoms with Crippen LogP contribution in [0, 0.1) is 0 Å². The first-order valence-electron chi connectivity index (χ1n) is 9.23. The topological polar surface area (TPSA) is 94.0 Å². The van der Waals surface area contributed by atoms with Gasteiger partial charge in [-0.25, -0.2) is 9.97 Å². The van der Waals surface area contributed by atoms with Crippen LogP contribution in [0.4, 0.5) is 11.6 Å². The number of ether oxygens (including phenoxy) is 1. The number of anilines is 2. The number of carbonyl (C=O) groups excluding carboxylic acids is 1. The first-order chi connectivity index (χ1) is 14.0. The molecule has 0 spiro atoms. The molecule has 0 bridgehead atoms. The van der Waals surface area contributed by atoms with E-state index >= 15 is 0 Å². The highest BCUT2D eigenvalue weighted by Gasteiger charge is 2.13. The van der Waals surface area contributed by atoms with Crippen LogP contribution < -0.4 is 15.4 Å². The molecule has 2 N–H and O–H groups in total. The zero-order valence-electron chi connectivity index (χ0n) is 16.6. The van der Waals surface area contributed by atoms with Gasteiger partial charge in [0.2, 0.25) is 5.95 Å². The van der Waals surface area contributed by atoms with Crippen LogP contribution in [0.15, 0.2) is 41.4 Å². The van der Waals surface area contributed by atoms with Gasteiger partial charge in [-0.1, -0.05) is 0 Å². The third-order valence-corrected chi connectivity index (χ3v) is 5.33. The largest absolute Gasteiger partial charge is 0.496 e. The standard InChI is InChI=1S/C20H23BrN6O2/c1-4-27-12-16(11-25-27)26-20-23-9-13(10-24-20)5-6-14-7-15(19(28)22-2)8-17(29-3)18(14)21/h7-12H,4-6H2,1-3H3,(H,22,28)(H,23,24,26). The number of carbonyl (C=O) groups is 1. The third kappa shape index (κ3) is 5.11. The van der Waals surface area contributed by atoms with Crippen LogP contribution in [-0.2, 0) is 19.4 Å². The van der Waals surface area contributed by atoms with Crippen molar-refractivity contribution in [2.75, 3.05) is 19.5 Å². The molecule has 0 aliphatic carbocycles. The fourth-order valence-corrected chi connectivity index (χ4v) is 3.41. The van der Waals surface area contributed by atoms with E-state index in [1.807, 2.05) is 23.9 Å². The predicted octanol–water partition coefficient (Wildman–Crippen LogP) is 3.35. The van der Waals surface area contributed by atoms with E-state index in [1.54, 1.807) is 38.8 Å². The average Bonchev–Trinajstić information content (AvgIpc) is 3.21. The zero-order valence-corrected chi connectivity index (χ0v) is 18.2. The van der Waals surface area contributed by atoms with Crippen LogP contribution in [0.3, 0.4) is 0 Å². The Morgan fingerprint density at radius 3 is 2.59 bits per heavy atom. The van der Waals surface area contributed by atoms with E-state index < -0.39 is 0 Å². The Morgan fingerprint density at radius 2 is 1.97 bits per heavy atom. The maximum Gasteiger partial charge on any atom is 0.251 e. The number of hydrogen-bond acceptors (Lipinski definition) is 6. The molecule has 0 saturated heterocycles. The van der Waals surface area contributed by atoms with E-state index in [0.717, 1.165) is 34.3 Å². The van der Waals surface area contributed by atoms with Gasteiger partial charge in [0.1, 0.15) is 5.75 Å². The van der Waals surface area contributed by atoms with Gasteiger partial charge in [0, 0.05) is 37.7 Å². The normalized spacial score (nSPS) is 10.6. The molecule has 8 nitrogen and oxygen atoms in total. The molecule has 0 aliphatic rings. The lowest BCUT2D eigenvalue weighted by Gasteiger charge is -2.12. The molecule has 1 aromatic carbocycles. The molecule has 3 rings (SSSR count). The van der Waals surface area contributed by atoms with Crippen molar-refractivity contribution in [3.63, 3.8) is 0 Å². The number of halogens is 1. The summed E-state index contributed by atoms with van der Waals surface area (Å²) in [5.41, 5.74) is 3.39. The predicted molar refractivity (Wildman–Crippen MR) is 115 cm³/mol. The van der Waals surface area contributed by atoms with Crippen molar-refractivity contribution in [2.24, 2.45) is 0 Å². The van der Waals surface area contributed by atoms with Crippen molar-refractivity contribution >= 4 is 33.5 Å². The van der Waals surface area contributed by atoms with E-state index in [-0.39, 0.29) is 5.91 Å². The van der Waals surface area contributed by atoms with Crippen LogP contribution in [0.5, 0.6) is 5.75 Å². The number of nitrogens with zero attached hydrogens (tertiary/aromatic N) is 4. The van der Waals surface area contributed by atoms with E-state index in [4.69, 9.17) is 4.74 Å². The van der Waals surface area contributed by atoms with Crippen molar-refractivity contribution in [3.8, 4) is 5.75 Å². The van der Waals surface area contributed by atoms with Gasteiger partial charge in [-0.2, -0.15) is 5.10 Å². The monoisotopic (exact) mass is 458 g/mol. The highest BCUT2D eigenvalue weighted by molar-refractivity contribution is 9.10. The van der Waals surface area contributed by atoms with Gasteiger partial charge in [-0.05, 0) is 59.0 Å². The van der Waals surface area contributed by atoms with E-state index in [0.29, 0.717) is 23.7 Å². The molecule has 3 aromatic rings. The van der Waals surface area contributed by atoms with Gasteiger partial charge >= 0.3 is 0 Å². The minimum absolute atomic E-state index is 0.151. The number of methoxy groups -OCH3 is 1. The summed E-state index contributed by atoms with van der Waals surface area (Å²) in [6, 6.07) is 3.59. The van der Waals surface area contributed by atoms with Crippen molar-refractivity contribution in [1.29, 1.82) is 0 Å². The summed E-state index contributed by atoms with van der Waals surface area (Å²) >= 11 is 3.57. The molecular weight excluding hydrogens is 436 g/mol. The Morgan fingerprint density at radius 1 is 1.21 bits per heavy atom. The second-order valence-electron chi connectivity index (χ2n) is 6.36. The lowest BCUT2D eigenvalue weighted by molar-refractivity contribution is 0.0962. The number of amides is 1. The minimum atomic E-state index is -0.151. The molecule has 1 amide bonds. The van der Waals surface area contributed by atoms with Gasteiger partial charge in [0.15, 0.2) is 0 Å². The molecule has 0 unspecified atom stereocenters. The van der Waals surface area contributed by atoms with Crippen molar-refractivity contribution in [1.82, 2.24) is 25.1 Å². The second kappa shape index (κ2) is 9.51. The van der Waals surface area contributed by atoms with Crippen molar-refractivity contribution < 1.29 is 9.53 Å².